The van der Waals surface area contributed by atoms with Crippen LogP contribution >= 0.6 is 0 Å². The van der Waals surface area contributed by atoms with E-state index < -0.39 is 11.4 Å². The molecule has 1 aromatic rings. The van der Waals surface area contributed by atoms with Crippen molar-refractivity contribution in [1.29, 1.82) is 0 Å². The van der Waals surface area contributed by atoms with Crippen LogP contribution in [-0.4, -0.2) is 17.5 Å². The Labute approximate surface area is 101 Å². The predicted octanol–water partition coefficient (Wildman–Crippen LogP) is 1.61. The summed E-state index contributed by atoms with van der Waals surface area (Å²) in [6.07, 6.45) is 0.373. The maximum atomic E-state index is 13.1. The zero-order chi connectivity index (χ0) is 13.1. The van der Waals surface area contributed by atoms with E-state index in [0.29, 0.717) is 6.42 Å². The van der Waals surface area contributed by atoms with Gasteiger partial charge in [-0.1, -0.05) is 12.1 Å². The molecule has 1 atom stereocenters. The van der Waals surface area contributed by atoms with Crippen LogP contribution in [0.25, 0.3) is 0 Å². The summed E-state index contributed by atoms with van der Waals surface area (Å²) in [6.45, 7) is 5.61. The van der Waals surface area contributed by atoms with Crippen molar-refractivity contribution in [2.24, 2.45) is 5.73 Å². The van der Waals surface area contributed by atoms with Crippen molar-refractivity contribution in [1.82, 2.24) is 5.32 Å². The summed E-state index contributed by atoms with van der Waals surface area (Å²) in [5, 5.41) is 3.13. The highest BCUT2D eigenvalue weighted by Gasteiger charge is 2.31. The molecule has 0 aromatic heterocycles. The van der Waals surface area contributed by atoms with E-state index in [1.807, 2.05) is 13.8 Å². The smallest absolute Gasteiger partial charge is 0.237 e. The van der Waals surface area contributed by atoms with Crippen molar-refractivity contribution >= 4 is 5.91 Å². The van der Waals surface area contributed by atoms with Gasteiger partial charge in [-0.2, -0.15) is 0 Å². The summed E-state index contributed by atoms with van der Waals surface area (Å²) < 4.78 is 13.1. The second-order valence-electron chi connectivity index (χ2n) is 4.80. The normalized spacial score (nSPS) is 14.6. The first-order valence-corrected chi connectivity index (χ1v) is 5.65. The molecule has 0 radical (unpaired) electrons. The number of primary amides is 1. The van der Waals surface area contributed by atoms with Crippen LogP contribution in [0.1, 0.15) is 26.3 Å². The van der Waals surface area contributed by atoms with Crippen LogP contribution in [0, 0.1) is 5.82 Å². The minimum Gasteiger partial charge on any atom is -0.368 e. The van der Waals surface area contributed by atoms with Crippen LogP contribution in [0.5, 0.6) is 0 Å². The van der Waals surface area contributed by atoms with Crippen LogP contribution in [0.2, 0.25) is 0 Å². The number of nitrogens with one attached hydrogen (secondary N) is 1. The highest BCUT2D eigenvalue weighted by molar-refractivity contribution is 5.84. The molecule has 17 heavy (non-hydrogen) atoms. The first-order chi connectivity index (χ1) is 7.83. The standard InChI is InChI=1S/C13H19FN2O/c1-9(2)16-13(3,12(15)17)8-10-5-4-6-11(14)7-10/h4-7,9,16H,8H2,1-3H3,(H2,15,17). The molecule has 1 unspecified atom stereocenters. The summed E-state index contributed by atoms with van der Waals surface area (Å²) in [6, 6.07) is 6.33. The number of rotatable bonds is 5. The van der Waals surface area contributed by atoms with Crippen molar-refractivity contribution in [2.45, 2.75) is 38.8 Å². The lowest BCUT2D eigenvalue weighted by Crippen LogP contribution is -2.56. The van der Waals surface area contributed by atoms with Gasteiger partial charge in [-0.25, -0.2) is 4.39 Å². The number of hydrogen-bond acceptors (Lipinski definition) is 2. The number of benzene rings is 1. The number of carbonyl (C=O) groups excluding carboxylic acids is 1. The molecule has 0 saturated carbocycles. The van der Waals surface area contributed by atoms with Gasteiger partial charge in [0.2, 0.25) is 5.91 Å². The highest BCUT2D eigenvalue weighted by Crippen LogP contribution is 2.15. The van der Waals surface area contributed by atoms with E-state index >= 15 is 0 Å². The Hall–Kier alpha value is -1.42. The van der Waals surface area contributed by atoms with E-state index in [9.17, 15) is 9.18 Å². The largest absolute Gasteiger partial charge is 0.368 e. The molecule has 3 nitrogen and oxygen atoms in total. The molecule has 0 heterocycles. The maximum Gasteiger partial charge on any atom is 0.237 e. The van der Waals surface area contributed by atoms with E-state index in [1.165, 1.54) is 12.1 Å². The molecular weight excluding hydrogens is 219 g/mol. The minimum atomic E-state index is -0.859. The Kier molecular flexibility index (Phi) is 4.23. The van der Waals surface area contributed by atoms with Crippen molar-refractivity contribution in [3.8, 4) is 0 Å². The summed E-state index contributed by atoms with van der Waals surface area (Å²) in [5.41, 5.74) is 5.30. The SMILES string of the molecule is CC(C)NC(C)(Cc1cccc(F)c1)C(N)=O. The van der Waals surface area contributed by atoms with Crippen LogP contribution in [0.3, 0.4) is 0 Å². The fourth-order valence-electron chi connectivity index (χ4n) is 1.90. The van der Waals surface area contributed by atoms with Crippen molar-refractivity contribution in [3.05, 3.63) is 35.6 Å². The number of halogens is 1. The summed E-state index contributed by atoms with van der Waals surface area (Å²) in [5.74, 6) is -0.741. The summed E-state index contributed by atoms with van der Waals surface area (Å²) in [7, 11) is 0. The van der Waals surface area contributed by atoms with E-state index in [-0.39, 0.29) is 11.9 Å². The van der Waals surface area contributed by atoms with Gasteiger partial charge < -0.3 is 11.1 Å². The number of nitrogens with two attached hydrogens (primary N) is 1. The third-order valence-corrected chi connectivity index (χ3v) is 2.60. The van der Waals surface area contributed by atoms with Crippen LogP contribution < -0.4 is 11.1 Å². The molecule has 0 aliphatic carbocycles. The van der Waals surface area contributed by atoms with Crippen molar-refractivity contribution in [2.75, 3.05) is 0 Å². The average Bonchev–Trinajstić information content (AvgIpc) is 2.15. The zero-order valence-corrected chi connectivity index (χ0v) is 10.5. The molecular formula is C13H19FN2O. The van der Waals surface area contributed by atoms with Gasteiger partial charge in [0.15, 0.2) is 0 Å². The van der Waals surface area contributed by atoms with Crippen LogP contribution in [-0.2, 0) is 11.2 Å². The van der Waals surface area contributed by atoms with E-state index in [0.717, 1.165) is 5.56 Å². The van der Waals surface area contributed by atoms with Crippen molar-refractivity contribution < 1.29 is 9.18 Å². The van der Waals surface area contributed by atoms with Gasteiger partial charge in [0.1, 0.15) is 5.82 Å². The lowest BCUT2D eigenvalue weighted by molar-refractivity contribution is -0.124. The molecule has 0 fully saturated rings. The van der Waals surface area contributed by atoms with Gasteiger partial charge >= 0.3 is 0 Å². The first kappa shape index (κ1) is 13.6. The van der Waals surface area contributed by atoms with E-state index in [2.05, 4.69) is 5.32 Å². The van der Waals surface area contributed by atoms with Gasteiger partial charge in [0.25, 0.3) is 0 Å². The quantitative estimate of drug-likeness (QED) is 0.818. The molecule has 0 spiro atoms. The molecule has 0 saturated heterocycles. The molecule has 3 N–H and O–H groups in total. The minimum absolute atomic E-state index is 0.126. The Bertz CT molecular complexity index is 406. The maximum absolute atomic E-state index is 13.1. The van der Waals surface area contributed by atoms with Gasteiger partial charge in [-0.15, -0.1) is 0 Å². The molecule has 0 aliphatic rings. The lowest BCUT2D eigenvalue weighted by Gasteiger charge is -2.30. The molecule has 1 rings (SSSR count). The lowest BCUT2D eigenvalue weighted by atomic mass is 9.91. The molecule has 0 aliphatic heterocycles. The van der Waals surface area contributed by atoms with Gasteiger partial charge in [-0.05, 0) is 44.9 Å². The summed E-state index contributed by atoms with van der Waals surface area (Å²) >= 11 is 0. The zero-order valence-electron chi connectivity index (χ0n) is 10.5. The summed E-state index contributed by atoms with van der Waals surface area (Å²) in [4.78, 5) is 11.5. The second kappa shape index (κ2) is 5.27. The monoisotopic (exact) mass is 238 g/mol. The van der Waals surface area contributed by atoms with Gasteiger partial charge in [0, 0.05) is 6.04 Å². The third kappa shape index (κ3) is 3.82. The second-order valence-corrected chi connectivity index (χ2v) is 4.80. The van der Waals surface area contributed by atoms with Crippen LogP contribution in [0.15, 0.2) is 24.3 Å². The molecule has 94 valence electrons. The molecule has 4 heteroatoms. The molecule has 0 bridgehead atoms. The Morgan fingerprint density at radius 3 is 2.65 bits per heavy atom. The number of hydrogen-bond donors (Lipinski definition) is 2. The predicted molar refractivity (Wildman–Crippen MR) is 66.0 cm³/mol. The Balaban J connectivity index is 2.90. The highest BCUT2D eigenvalue weighted by atomic mass is 19.1. The van der Waals surface area contributed by atoms with Gasteiger partial charge in [0.05, 0.1) is 5.54 Å². The number of amides is 1. The molecule has 1 aromatic carbocycles. The van der Waals surface area contributed by atoms with Crippen LogP contribution in [0.4, 0.5) is 4.39 Å². The fourth-order valence-corrected chi connectivity index (χ4v) is 1.90. The van der Waals surface area contributed by atoms with E-state index in [4.69, 9.17) is 5.73 Å². The third-order valence-electron chi connectivity index (χ3n) is 2.60. The fraction of sp³-hybridized carbons (Fsp3) is 0.462. The molecule has 1 amide bonds. The first-order valence-electron chi connectivity index (χ1n) is 5.65. The van der Waals surface area contributed by atoms with Gasteiger partial charge in [-0.3, -0.25) is 4.79 Å². The average molecular weight is 238 g/mol. The topological polar surface area (TPSA) is 55.1 Å². The Morgan fingerprint density at radius 1 is 1.53 bits per heavy atom. The number of carbonyl (C=O) groups is 1. The van der Waals surface area contributed by atoms with Crippen molar-refractivity contribution in [3.63, 3.8) is 0 Å². The Morgan fingerprint density at radius 2 is 2.18 bits per heavy atom. The van der Waals surface area contributed by atoms with E-state index in [1.54, 1.807) is 19.1 Å².